The number of hydrogen-bond acceptors (Lipinski definition) is 4. The van der Waals surface area contributed by atoms with Crippen LogP contribution in [-0.4, -0.2) is 24.1 Å². The summed E-state index contributed by atoms with van der Waals surface area (Å²) in [6.07, 6.45) is 1.20. The maximum atomic E-state index is 13.9. The number of halogens is 1. The second-order valence-corrected chi connectivity index (χ2v) is 7.11. The molecule has 0 saturated heterocycles. The van der Waals surface area contributed by atoms with Gasteiger partial charge >= 0.3 is 0 Å². The molecule has 1 amide bonds. The first-order valence-corrected chi connectivity index (χ1v) is 9.53. The molecule has 0 aliphatic carbocycles. The smallest absolute Gasteiger partial charge is 0.258 e. The number of hydrogen-bond donors (Lipinski definition) is 1. The Hall–Kier alpha value is -2.34. The molecule has 2 aromatic carbocycles. The average Bonchev–Trinajstić information content (AvgIpc) is 2.67. The van der Waals surface area contributed by atoms with Crippen LogP contribution in [0.5, 0.6) is 5.75 Å². The summed E-state index contributed by atoms with van der Waals surface area (Å²) in [4.78, 5) is 24.4. The molecule has 0 unspecified atom stereocenters. The quantitative estimate of drug-likeness (QED) is 0.773. The molecule has 1 aliphatic rings. The first-order chi connectivity index (χ1) is 12.6. The van der Waals surface area contributed by atoms with Gasteiger partial charge in [0, 0.05) is 22.6 Å². The topological polar surface area (TPSA) is 55.4 Å². The molecule has 4 nitrogen and oxygen atoms in total. The van der Waals surface area contributed by atoms with Crippen LogP contribution in [0.25, 0.3) is 0 Å². The van der Waals surface area contributed by atoms with Gasteiger partial charge in [-0.2, -0.15) is 0 Å². The van der Waals surface area contributed by atoms with Crippen molar-refractivity contribution in [3.05, 3.63) is 59.4 Å². The highest BCUT2D eigenvalue weighted by molar-refractivity contribution is 7.99. The predicted molar refractivity (Wildman–Crippen MR) is 99.2 cm³/mol. The Kier molecular flexibility index (Phi) is 5.93. The fourth-order valence-corrected chi connectivity index (χ4v) is 4.00. The van der Waals surface area contributed by atoms with Crippen molar-refractivity contribution in [1.29, 1.82) is 0 Å². The van der Waals surface area contributed by atoms with Gasteiger partial charge in [0.2, 0.25) is 0 Å². The number of thioether (sulfide) groups is 1. The van der Waals surface area contributed by atoms with Crippen molar-refractivity contribution in [3.63, 3.8) is 0 Å². The van der Waals surface area contributed by atoms with E-state index in [0.29, 0.717) is 22.6 Å². The van der Waals surface area contributed by atoms with Crippen molar-refractivity contribution >= 4 is 23.5 Å². The lowest BCUT2D eigenvalue weighted by molar-refractivity contribution is -0.123. The third kappa shape index (κ3) is 4.25. The number of ether oxygens (including phenoxy) is 1. The van der Waals surface area contributed by atoms with Gasteiger partial charge in [-0.05, 0) is 42.3 Å². The summed E-state index contributed by atoms with van der Waals surface area (Å²) < 4.78 is 19.4. The first-order valence-electron chi connectivity index (χ1n) is 8.55. The average molecular weight is 373 g/mol. The summed E-state index contributed by atoms with van der Waals surface area (Å²) >= 11 is 1.48. The Morgan fingerprint density at radius 1 is 1.23 bits per heavy atom. The minimum Gasteiger partial charge on any atom is -0.484 e. The van der Waals surface area contributed by atoms with E-state index in [1.54, 1.807) is 30.3 Å². The van der Waals surface area contributed by atoms with Gasteiger partial charge in [-0.15, -0.1) is 11.8 Å². The highest BCUT2D eigenvalue weighted by Crippen LogP contribution is 2.37. The van der Waals surface area contributed by atoms with Crippen LogP contribution in [0.2, 0.25) is 0 Å². The number of benzene rings is 2. The van der Waals surface area contributed by atoms with Gasteiger partial charge in [-0.3, -0.25) is 9.59 Å². The highest BCUT2D eigenvalue weighted by atomic mass is 32.2. The van der Waals surface area contributed by atoms with Crippen molar-refractivity contribution < 1.29 is 18.7 Å². The molecule has 1 heterocycles. The molecule has 6 heteroatoms. The second kappa shape index (κ2) is 8.36. The highest BCUT2D eigenvalue weighted by Gasteiger charge is 2.24. The summed E-state index contributed by atoms with van der Waals surface area (Å²) in [6, 6.07) is 11.5. The summed E-state index contributed by atoms with van der Waals surface area (Å²) in [5.74, 6) is 0.844. The van der Waals surface area contributed by atoms with E-state index in [2.05, 4.69) is 5.32 Å². The van der Waals surface area contributed by atoms with E-state index in [1.165, 1.54) is 17.8 Å². The normalized spacial score (nSPS) is 15.8. The zero-order chi connectivity index (χ0) is 18.5. The van der Waals surface area contributed by atoms with Crippen molar-refractivity contribution in [3.8, 4) is 5.75 Å². The second-order valence-electron chi connectivity index (χ2n) is 6.01. The van der Waals surface area contributed by atoms with Crippen LogP contribution in [0, 0.1) is 5.82 Å². The lowest BCUT2D eigenvalue weighted by atomic mass is 10.0. The summed E-state index contributed by atoms with van der Waals surface area (Å²) in [5, 5.41) is 2.91. The lowest BCUT2D eigenvalue weighted by Crippen LogP contribution is -2.34. The van der Waals surface area contributed by atoms with Gasteiger partial charge in [0.1, 0.15) is 11.6 Å². The molecular formula is C20H20FNO3S. The minimum atomic E-state index is -0.258. The molecule has 0 bridgehead atoms. The zero-order valence-electron chi connectivity index (χ0n) is 14.5. The van der Waals surface area contributed by atoms with Crippen molar-refractivity contribution in [2.75, 3.05) is 12.4 Å². The van der Waals surface area contributed by atoms with Gasteiger partial charge < -0.3 is 10.1 Å². The molecule has 1 aliphatic heterocycles. The van der Waals surface area contributed by atoms with Gasteiger partial charge in [-0.25, -0.2) is 4.39 Å². The molecule has 1 N–H and O–H groups in total. The SMILES string of the molecule is CCC(=O)c1ccc(OCC(=O)N[C@@H]2CCSc3c(F)cccc32)cc1. The Morgan fingerprint density at radius 3 is 2.73 bits per heavy atom. The number of Topliss-reactive ketones (excluding diaryl/α,β-unsaturated/α-hetero) is 1. The number of ketones is 1. The number of nitrogens with one attached hydrogen (secondary N) is 1. The van der Waals surface area contributed by atoms with Gasteiger partial charge in [-0.1, -0.05) is 19.1 Å². The van der Waals surface area contributed by atoms with E-state index in [4.69, 9.17) is 4.74 Å². The van der Waals surface area contributed by atoms with Crippen molar-refractivity contribution in [2.45, 2.75) is 30.7 Å². The van der Waals surface area contributed by atoms with Crippen LogP contribution in [0.1, 0.15) is 41.7 Å². The molecule has 3 rings (SSSR count). The third-order valence-electron chi connectivity index (χ3n) is 4.23. The van der Waals surface area contributed by atoms with Gasteiger partial charge in [0.05, 0.1) is 6.04 Å². The maximum Gasteiger partial charge on any atom is 0.258 e. The lowest BCUT2D eigenvalue weighted by Gasteiger charge is -2.26. The number of carbonyl (C=O) groups is 2. The van der Waals surface area contributed by atoms with Crippen LogP contribution in [0.3, 0.4) is 0 Å². The van der Waals surface area contributed by atoms with Crippen molar-refractivity contribution in [1.82, 2.24) is 5.32 Å². The largest absolute Gasteiger partial charge is 0.484 e. The summed E-state index contributed by atoms with van der Waals surface area (Å²) in [5.41, 5.74) is 1.44. The molecule has 0 radical (unpaired) electrons. The number of carbonyl (C=O) groups excluding carboxylic acids is 2. The number of rotatable bonds is 6. The van der Waals surface area contributed by atoms with E-state index >= 15 is 0 Å². The number of fused-ring (bicyclic) bond motifs is 1. The van der Waals surface area contributed by atoms with Gasteiger partial charge in [0.25, 0.3) is 5.91 Å². The van der Waals surface area contributed by atoms with E-state index in [9.17, 15) is 14.0 Å². The monoisotopic (exact) mass is 373 g/mol. The minimum absolute atomic E-state index is 0.0651. The Balaban J connectivity index is 1.57. The van der Waals surface area contributed by atoms with Crippen LogP contribution in [0.15, 0.2) is 47.4 Å². The van der Waals surface area contributed by atoms with E-state index in [0.717, 1.165) is 17.7 Å². The van der Waals surface area contributed by atoms with Gasteiger partial charge in [0.15, 0.2) is 12.4 Å². The van der Waals surface area contributed by atoms with Crippen LogP contribution in [0.4, 0.5) is 4.39 Å². The molecule has 2 aromatic rings. The molecule has 0 saturated carbocycles. The molecule has 26 heavy (non-hydrogen) atoms. The fourth-order valence-electron chi connectivity index (χ4n) is 2.86. The third-order valence-corrected chi connectivity index (χ3v) is 5.39. The van der Waals surface area contributed by atoms with E-state index in [1.807, 2.05) is 13.0 Å². The predicted octanol–water partition coefficient (Wildman–Crippen LogP) is 4.15. The van der Waals surface area contributed by atoms with Crippen LogP contribution in [-0.2, 0) is 4.79 Å². The van der Waals surface area contributed by atoms with E-state index in [-0.39, 0.29) is 30.2 Å². The summed E-state index contributed by atoms with van der Waals surface area (Å²) in [6.45, 7) is 1.68. The molecule has 0 aromatic heterocycles. The van der Waals surface area contributed by atoms with Crippen LogP contribution < -0.4 is 10.1 Å². The fraction of sp³-hybridized carbons (Fsp3) is 0.300. The van der Waals surface area contributed by atoms with Crippen molar-refractivity contribution in [2.24, 2.45) is 0 Å². The molecule has 1 atom stereocenters. The Bertz CT molecular complexity index is 807. The molecule has 136 valence electrons. The standard InChI is InChI=1S/C20H20FNO3S/c1-2-18(23)13-6-8-14(9-7-13)25-12-19(24)22-17-10-11-26-20-15(17)4-3-5-16(20)21/h3-9,17H,2,10-12H2,1H3,(H,22,24)/t17-/m1/s1. The maximum absolute atomic E-state index is 13.9. The van der Waals surface area contributed by atoms with Crippen LogP contribution >= 0.6 is 11.8 Å². The summed E-state index contributed by atoms with van der Waals surface area (Å²) in [7, 11) is 0. The molecule has 0 fully saturated rings. The number of amides is 1. The van der Waals surface area contributed by atoms with E-state index < -0.39 is 0 Å². The molecule has 0 spiro atoms. The molecular weight excluding hydrogens is 353 g/mol. The Morgan fingerprint density at radius 2 is 2.00 bits per heavy atom. The Labute approximate surface area is 156 Å². The zero-order valence-corrected chi connectivity index (χ0v) is 15.3. The first kappa shape index (κ1) is 18.5.